The normalized spacial score (nSPS) is 44.1. The molecule has 6 aliphatic rings. The van der Waals surface area contributed by atoms with Gasteiger partial charge in [0.1, 0.15) is 61.0 Å². The number of nitrogens with zero attached hydrogens (tertiary/aromatic N) is 1. The van der Waals surface area contributed by atoms with Gasteiger partial charge in [0.25, 0.3) is 0 Å². The van der Waals surface area contributed by atoms with Gasteiger partial charge in [0, 0.05) is 44.6 Å². The number of nitrogens with two attached hydrogens (primary N) is 5. The lowest BCUT2D eigenvalue weighted by Gasteiger charge is -2.46. The van der Waals surface area contributed by atoms with E-state index < -0.39 is 128 Å². The minimum atomic E-state index is -1.68. The molecule has 0 aromatic rings. The van der Waals surface area contributed by atoms with Crippen LogP contribution in [0.4, 0.5) is 0 Å². The fourth-order valence-corrected chi connectivity index (χ4v) is 8.99. The zero-order valence-corrected chi connectivity index (χ0v) is 35.2. The van der Waals surface area contributed by atoms with Crippen molar-refractivity contribution in [2.24, 2.45) is 45.5 Å². The van der Waals surface area contributed by atoms with Gasteiger partial charge in [0.05, 0.1) is 42.3 Å². The summed E-state index contributed by atoms with van der Waals surface area (Å²) in [4.78, 5) is 17.6. The third kappa shape index (κ3) is 11.8. The Labute approximate surface area is 361 Å². The highest BCUT2D eigenvalue weighted by atomic mass is 16.8. The van der Waals surface area contributed by atoms with Gasteiger partial charge < -0.3 is 109 Å². The van der Waals surface area contributed by atoms with Crippen molar-refractivity contribution >= 4 is 11.7 Å². The molecule has 20 N–H and O–H groups in total. The number of aliphatic hydroxyl groups excluding tert-OH is 6. The highest BCUT2D eigenvalue weighted by Crippen LogP contribution is 2.35. The quantitative estimate of drug-likeness (QED) is 0.0345. The molecule has 62 heavy (non-hydrogen) atoms. The van der Waals surface area contributed by atoms with Crippen molar-refractivity contribution in [2.75, 3.05) is 45.9 Å². The first kappa shape index (κ1) is 49.4. The topological polar surface area (TPSA) is 393 Å². The van der Waals surface area contributed by atoms with Crippen LogP contribution in [0.1, 0.15) is 45.4 Å². The second-order valence-electron chi connectivity index (χ2n) is 17.9. The van der Waals surface area contributed by atoms with Crippen molar-refractivity contribution in [1.29, 1.82) is 0 Å². The minimum absolute atomic E-state index is 0.0330. The van der Waals surface area contributed by atoms with E-state index in [1.54, 1.807) is 12.2 Å². The fourth-order valence-electron chi connectivity index (χ4n) is 8.99. The molecule has 2 saturated carbocycles. The van der Waals surface area contributed by atoms with E-state index in [0.29, 0.717) is 50.8 Å². The molecule has 1 amide bonds. The van der Waals surface area contributed by atoms with E-state index >= 15 is 0 Å². The summed E-state index contributed by atoms with van der Waals surface area (Å²) in [6, 6.07) is -4.15. The predicted octanol–water partition coefficient (Wildman–Crippen LogP) is -7.00. The Morgan fingerprint density at radius 1 is 0.903 bits per heavy atom. The summed E-state index contributed by atoms with van der Waals surface area (Å²) in [6.07, 6.45) is -12.2. The van der Waals surface area contributed by atoms with Crippen molar-refractivity contribution in [2.45, 2.75) is 161 Å². The summed E-state index contributed by atoms with van der Waals surface area (Å²) in [7, 11) is 0. The van der Waals surface area contributed by atoms with Crippen molar-refractivity contribution in [1.82, 2.24) is 16.0 Å². The van der Waals surface area contributed by atoms with Gasteiger partial charge >= 0.3 is 0 Å². The number of hydrogen-bond acceptors (Lipinski definition) is 21. The molecule has 0 aromatic carbocycles. The summed E-state index contributed by atoms with van der Waals surface area (Å²) >= 11 is 0. The van der Waals surface area contributed by atoms with E-state index in [2.05, 4.69) is 27.9 Å². The maximum atomic E-state index is 13.3. The first-order valence-corrected chi connectivity index (χ1v) is 21.9. The number of piperidine rings is 1. The smallest absolute Gasteiger partial charge is 0.249 e. The molecule has 0 aromatic heterocycles. The average Bonchev–Trinajstić information content (AvgIpc) is 3.53. The first-order valence-electron chi connectivity index (χ1n) is 21.9. The summed E-state index contributed by atoms with van der Waals surface area (Å²) in [6.45, 7) is 3.44. The molecule has 6 rings (SSSR count). The van der Waals surface area contributed by atoms with E-state index in [-0.39, 0.29) is 31.8 Å². The van der Waals surface area contributed by atoms with Gasteiger partial charge in [-0.15, -0.1) is 0 Å². The van der Waals surface area contributed by atoms with Crippen LogP contribution in [0.3, 0.4) is 0 Å². The summed E-state index contributed by atoms with van der Waals surface area (Å²) in [5.74, 6) is 0.454. The van der Waals surface area contributed by atoms with Crippen LogP contribution in [0.5, 0.6) is 0 Å². The first-order chi connectivity index (χ1) is 29.5. The number of carbonyl (C=O) groups excluding carboxylic acids is 1. The Morgan fingerprint density at radius 3 is 2.26 bits per heavy atom. The number of rotatable bonds is 18. The van der Waals surface area contributed by atoms with Crippen molar-refractivity contribution in [3.63, 3.8) is 0 Å². The van der Waals surface area contributed by atoms with Crippen molar-refractivity contribution in [3.8, 4) is 0 Å². The minimum Gasteiger partial charge on any atom is -0.394 e. The van der Waals surface area contributed by atoms with Gasteiger partial charge in [-0.2, -0.15) is 0 Å². The van der Waals surface area contributed by atoms with Gasteiger partial charge in [0.2, 0.25) is 5.91 Å². The number of carbonyl (C=O) groups is 1. The summed E-state index contributed by atoms with van der Waals surface area (Å²) in [5.41, 5.74) is 30.2. The maximum Gasteiger partial charge on any atom is 0.249 e. The molecule has 23 nitrogen and oxygen atoms in total. The predicted molar refractivity (Wildman–Crippen MR) is 219 cm³/mol. The van der Waals surface area contributed by atoms with E-state index in [1.165, 1.54) is 0 Å². The molecule has 4 heterocycles. The van der Waals surface area contributed by atoms with Crippen LogP contribution in [0.2, 0.25) is 0 Å². The summed E-state index contributed by atoms with van der Waals surface area (Å²) in [5, 5.41) is 85.5. The molecule has 23 heteroatoms. The van der Waals surface area contributed by atoms with Gasteiger partial charge in [-0.25, -0.2) is 0 Å². The number of hydrogen-bond donors (Lipinski definition) is 15. The third-order valence-electron chi connectivity index (χ3n) is 13.0. The van der Waals surface area contributed by atoms with Crippen LogP contribution < -0.4 is 44.6 Å². The number of ether oxygens (including phenoxy) is 6. The fraction of sp³-hybridized carbons (Fsp3) is 0.897. The molecule has 0 bridgehead atoms. The Balaban J connectivity index is 1.15. The van der Waals surface area contributed by atoms with Gasteiger partial charge in [-0.05, 0) is 51.1 Å². The Kier molecular flexibility index (Phi) is 17.5. The van der Waals surface area contributed by atoms with Gasteiger partial charge in [-0.3, -0.25) is 9.79 Å². The standard InChI is InChI=1S/C39H71N9O14/c1-17-10-18(11-17)34(44)47-7-4-23(50)35(55)48-22-12-21(42)31(60-36-20(41)3-2-19(57-36)14-46-16-39(56)5-8-45-9-6-39)33(27(22)51)62-38-30(54)32(25(15-49)59-38)61-37-26(43)29(53)28(52)24(13-40)58-37/h2-3,17-33,36-38,45-46,49-54,56H,4-16,40-43H2,1H3,(H2,44,47)(H,48,55). The highest BCUT2D eigenvalue weighted by Gasteiger charge is 2.54. The van der Waals surface area contributed by atoms with Crippen LogP contribution in [0.25, 0.3) is 0 Å². The van der Waals surface area contributed by atoms with Crippen molar-refractivity contribution < 1.29 is 69.0 Å². The lowest BCUT2D eigenvalue weighted by atomic mass is 9.75. The molecule has 18 atom stereocenters. The molecule has 5 fully saturated rings. The molecular weight excluding hydrogens is 818 g/mol. The average molecular weight is 890 g/mol. The number of nitrogens with one attached hydrogen (secondary N) is 3. The monoisotopic (exact) mass is 890 g/mol. The van der Waals surface area contributed by atoms with Crippen LogP contribution in [-0.2, 0) is 33.2 Å². The number of aliphatic imine (C=N–C) groups is 1. The Bertz CT molecular complexity index is 1490. The van der Waals surface area contributed by atoms with Gasteiger partial charge in [0.15, 0.2) is 18.9 Å². The third-order valence-corrected chi connectivity index (χ3v) is 13.0. The van der Waals surface area contributed by atoms with Crippen LogP contribution in [0, 0.1) is 11.8 Å². The zero-order valence-electron chi connectivity index (χ0n) is 35.2. The number of amidine groups is 1. The van der Waals surface area contributed by atoms with E-state index in [4.69, 9.17) is 57.1 Å². The van der Waals surface area contributed by atoms with Crippen LogP contribution in [0.15, 0.2) is 17.1 Å². The Hall–Kier alpha value is -2.08. The lowest BCUT2D eigenvalue weighted by molar-refractivity contribution is -0.284. The molecule has 0 spiro atoms. The molecule has 0 radical (unpaired) electrons. The SMILES string of the molecule is CC1CC(C(N)=NCCC(O)C(=O)NC2CC(N)C(OC3OC(CNCC4(O)CCNCC4)C=CC3N)C(OC3OC(CO)C(OC4OC(CN)C(O)C(O)C4N)C3O)C2O)C1. The van der Waals surface area contributed by atoms with Crippen LogP contribution >= 0.6 is 0 Å². The van der Waals surface area contributed by atoms with Gasteiger partial charge in [-0.1, -0.05) is 19.1 Å². The number of amides is 1. The van der Waals surface area contributed by atoms with Crippen molar-refractivity contribution in [3.05, 3.63) is 12.2 Å². The molecule has 356 valence electrons. The lowest BCUT2D eigenvalue weighted by Crippen LogP contribution is -2.67. The Morgan fingerprint density at radius 2 is 1.58 bits per heavy atom. The number of aliphatic hydroxyl groups is 7. The summed E-state index contributed by atoms with van der Waals surface area (Å²) < 4.78 is 36.4. The molecule has 4 aliphatic heterocycles. The largest absolute Gasteiger partial charge is 0.394 e. The van der Waals surface area contributed by atoms with E-state index in [1.807, 2.05) is 0 Å². The molecule has 18 unspecified atom stereocenters. The van der Waals surface area contributed by atoms with E-state index in [0.717, 1.165) is 12.8 Å². The highest BCUT2D eigenvalue weighted by molar-refractivity contribution is 5.84. The zero-order chi connectivity index (χ0) is 44.9. The van der Waals surface area contributed by atoms with E-state index in [9.17, 15) is 40.5 Å². The second kappa shape index (κ2) is 21.9. The second-order valence-corrected chi connectivity index (χ2v) is 17.9. The molecule has 2 aliphatic carbocycles. The molecular formula is C39H71N9O14. The molecule has 3 saturated heterocycles. The van der Waals surface area contributed by atoms with Crippen LogP contribution in [-0.4, -0.2) is 209 Å². The maximum absolute atomic E-state index is 13.3.